The lowest BCUT2D eigenvalue weighted by Crippen LogP contribution is -1.87. The summed E-state index contributed by atoms with van der Waals surface area (Å²) in [6.45, 7) is 1.95. The Hall–Kier alpha value is -1.09. The zero-order valence-corrected chi connectivity index (χ0v) is 8.95. The third kappa shape index (κ3) is 1.38. The fraction of sp³-hybridized carbons (Fsp3) is 0.273. The summed E-state index contributed by atoms with van der Waals surface area (Å²) in [5, 5.41) is 2.92. The monoisotopic (exact) mass is 210 g/mol. The van der Waals surface area contributed by atoms with E-state index >= 15 is 0 Å². The van der Waals surface area contributed by atoms with Gasteiger partial charge in [0.2, 0.25) is 0 Å². The zero-order valence-electron chi connectivity index (χ0n) is 8.13. The second-order valence-corrected chi connectivity index (χ2v) is 4.01. The molecular formula is C11H11FOS. The van der Waals surface area contributed by atoms with Gasteiger partial charge in [-0.1, -0.05) is 6.92 Å². The van der Waals surface area contributed by atoms with Gasteiger partial charge < -0.3 is 4.74 Å². The second kappa shape index (κ2) is 3.58. The molecule has 0 spiro atoms. The topological polar surface area (TPSA) is 9.23 Å². The summed E-state index contributed by atoms with van der Waals surface area (Å²) in [7, 11) is 1.64. The average Bonchev–Trinajstić information content (AvgIpc) is 2.58. The maximum absolute atomic E-state index is 13.4. The van der Waals surface area contributed by atoms with Crippen LogP contribution in [0, 0.1) is 5.82 Å². The van der Waals surface area contributed by atoms with Crippen molar-refractivity contribution < 1.29 is 9.13 Å². The molecule has 0 bridgehead atoms. The Morgan fingerprint density at radius 1 is 1.43 bits per heavy atom. The molecule has 0 aliphatic carbocycles. The van der Waals surface area contributed by atoms with Gasteiger partial charge in [0, 0.05) is 15.5 Å². The predicted octanol–water partition coefficient (Wildman–Crippen LogP) is 3.61. The van der Waals surface area contributed by atoms with Gasteiger partial charge in [-0.25, -0.2) is 4.39 Å². The molecule has 0 amide bonds. The maximum atomic E-state index is 13.4. The lowest BCUT2D eigenvalue weighted by atomic mass is 10.1. The molecule has 0 aliphatic heterocycles. The molecule has 0 radical (unpaired) electrons. The summed E-state index contributed by atoms with van der Waals surface area (Å²) in [4.78, 5) is 0. The number of benzene rings is 1. The van der Waals surface area contributed by atoms with Crippen LogP contribution in [0.4, 0.5) is 4.39 Å². The number of methoxy groups -OCH3 is 1. The van der Waals surface area contributed by atoms with Gasteiger partial charge in [-0.2, -0.15) is 0 Å². The number of thiophene rings is 1. The molecule has 2 rings (SSSR count). The van der Waals surface area contributed by atoms with Crippen molar-refractivity contribution in [3.05, 3.63) is 28.9 Å². The van der Waals surface area contributed by atoms with Crippen molar-refractivity contribution in [2.45, 2.75) is 13.3 Å². The number of rotatable bonds is 2. The third-order valence-corrected chi connectivity index (χ3v) is 3.23. The van der Waals surface area contributed by atoms with Crippen LogP contribution >= 0.6 is 11.3 Å². The first-order valence-corrected chi connectivity index (χ1v) is 5.37. The van der Waals surface area contributed by atoms with Crippen LogP contribution in [0.2, 0.25) is 0 Å². The lowest BCUT2D eigenvalue weighted by molar-refractivity contribution is 0.421. The fourth-order valence-electron chi connectivity index (χ4n) is 1.50. The highest BCUT2D eigenvalue weighted by molar-refractivity contribution is 7.17. The van der Waals surface area contributed by atoms with E-state index in [1.165, 1.54) is 11.3 Å². The lowest BCUT2D eigenvalue weighted by Gasteiger charge is -2.01. The van der Waals surface area contributed by atoms with Gasteiger partial charge in [0.15, 0.2) is 0 Å². The molecule has 1 heterocycles. The molecule has 0 aliphatic rings. The number of aryl methyl sites for hydroxylation is 1. The Labute approximate surface area is 86.1 Å². The summed E-state index contributed by atoms with van der Waals surface area (Å²) in [5.41, 5.74) is 0.745. The van der Waals surface area contributed by atoms with Crippen LogP contribution in [0.25, 0.3) is 10.1 Å². The van der Waals surface area contributed by atoms with Gasteiger partial charge in [0.1, 0.15) is 11.6 Å². The van der Waals surface area contributed by atoms with Crippen LogP contribution in [0.1, 0.15) is 12.5 Å². The standard InChI is InChI=1S/C11H11FOS/c1-3-7-4-8-10(13-2)6-14-11(8)5-9(7)12/h4-6H,3H2,1-2H3. The first-order chi connectivity index (χ1) is 6.76. The molecule has 14 heavy (non-hydrogen) atoms. The van der Waals surface area contributed by atoms with E-state index in [9.17, 15) is 4.39 Å². The van der Waals surface area contributed by atoms with Crippen molar-refractivity contribution in [3.8, 4) is 5.75 Å². The van der Waals surface area contributed by atoms with E-state index in [0.717, 1.165) is 21.4 Å². The Bertz CT molecular complexity index is 462. The van der Waals surface area contributed by atoms with E-state index < -0.39 is 0 Å². The number of hydrogen-bond donors (Lipinski definition) is 0. The minimum Gasteiger partial charge on any atom is -0.495 e. The molecule has 0 atom stereocenters. The predicted molar refractivity (Wildman–Crippen MR) is 57.7 cm³/mol. The van der Waals surface area contributed by atoms with Crippen LogP contribution in [-0.2, 0) is 6.42 Å². The second-order valence-electron chi connectivity index (χ2n) is 3.10. The number of hydrogen-bond acceptors (Lipinski definition) is 2. The summed E-state index contributed by atoms with van der Waals surface area (Å²) in [6.07, 6.45) is 0.709. The number of halogens is 1. The normalized spacial score (nSPS) is 10.8. The Kier molecular flexibility index (Phi) is 2.42. The molecular weight excluding hydrogens is 199 g/mol. The van der Waals surface area contributed by atoms with E-state index in [2.05, 4.69) is 0 Å². The minimum absolute atomic E-state index is 0.121. The van der Waals surface area contributed by atoms with E-state index in [-0.39, 0.29) is 5.82 Å². The molecule has 1 nitrogen and oxygen atoms in total. The van der Waals surface area contributed by atoms with Crippen molar-refractivity contribution in [1.29, 1.82) is 0 Å². The summed E-state index contributed by atoms with van der Waals surface area (Å²) >= 11 is 1.51. The van der Waals surface area contributed by atoms with Crippen molar-refractivity contribution in [2.75, 3.05) is 7.11 Å². The summed E-state index contributed by atoms with van der Waals surface area (Å²) in [5.74, 6) is 0.712. The fourth-order valence-corrected chi connectivity index (χ4v) is 2.41. The van der Waals surface area contributed by atoms with Gasteiger partial charge in [-0.15, -0.1) is 11.3 Å². The molecule has 1 aromatic heterocycles. The van der Waals surface area contributed by atoms with E-state index in [1.807, 2.05) is 18.4 Å². The van der Waals surface area contributed by atoms with E-state index in [4.69, 9.17) is 4.74 Å². The molecule has 74 valence electrons. The first kappa shape index (κ1) is 9.46. The average molecular weight is 210 g/mol. The van der Waals surface area contributed by atoms with Gasteiger partial charge in [0.25, 0.3) is 0 Å². The zero-order chi connectivity index (χ0) is 10.1. The van der Waals surface area contributed by atoms with Gasteiger partial charge in [-0.3, -0.25) is 0 Å². The summed E-state index contributed by atoms with van der Waals surface area (Å²) in [6, 6.07) is 3.46. The molecule has 0 saturated carbocycles. The van der Waals surface area contributed by atoms with Crippen LogP contribution in [0.3, 0.4) is 0 Å². The number of ether oxygens (including phenoxy) is 1. The Balaban J connectivity index is 2.70. The van der Waals surface area contributed by atoms with Gasteiger partial charge >= 0.3 is 0 Å². The van der Waals surface area contributed by atoms with Crippen molar-refractivity contribution in [3.63, 3.8) is 0 Å². The Morgan fingerprint density at radius 3 is 2.86 bits per heavy atom. The third-order valence-electron chi connectivity index (χ3n) is 2.31. The largest absolute Gasteiger partial charge is 0.495 e. The smallest absolute Gasteiger partial charge is 0.137 e. The van der Waals surface area contributed by atoms with Crippen molar-refractivity contribution >= 4 is 21.4 Å². The highest BCUT2D eigenvalue weighted by atomic mass is 32.1. The minimum atomic E-state index is -0.121. The maximum Gasteiger partial charge on any atom is 0.137 e. The molecule has 2 aromatic rings. The Morgan fingerprint density at radius 2 is 2.21 bits per heavy atom. The molecule has 1 aromatic carbocycles. The summed E-state index contributed by atoms with van der Waals surface area (Å²) < 4.78 is 19.5. The number of fused-ring (bicyclic) bond motifs is 1. The van der Waals surface area contributed by atoms with Gasteiger partial charge in [0.05, 0.1) is 7.11 Å². The van der Waals surface area contributed by atoms with Gasteiger partial charge in [-0.05, 0) is 24.1 Å². The van der Waals surface area contributed by atoms with E-state index in [1.54, 1.807) is 13.2 Å². The first-order valence-electron chi connectivity index (χ1n) is 4.50. The SMILES string of the molecule is CCc1cc2c(OC)csc2cc1F. The molecule has 3 heteroatoms. The highest BCUT2D eigenvalue weighted by Crippen LogP contribution is 2.33. The van der Waals surface area contributed by atoms with Crippen LogP contribution in [-0.4, -0.2) is 7.11 Å². The highest BCUT2D eigenvalue weighted by Gasteiger charge is 2.08. The molecule has 0 fully saturated rings. The molecule has 0 N–H and O–H groups in total. The quantitative estimate of drug-likeness (QED) is 0.735. The van der Waals surface area contributed by atoms with E-state index in [0.29, 0.717) is 6.42 Å². The van der Waals surface area contributed by atoms with Crippen molar-refractivity contribution in [2.24, 2.45) is 0 Å². The van der Waals surface area contributed by atoms with Crippen LogP contribution in [0.15, 0.2) is 17.5 Å². The molecule has 0 saturated heterocycles. The van der Waals surface area contributed by atoms with Crippen molar-refractivity contribution in [1.82, 2.24) is 0 Å². The van der Waals surface area contributed by atoms with Crippen LogP contribution < -0.4 is 4.74 Å². The molecule has 0 unspecified atom stereocenters. The van der Waals surface area contributed by atoms with Crippen LogP contribution in [0.5, 0.6) is 5.75 Å².